The Bertz CT molecular complexity index is 1480. The number of aromatic nitrogens is 1. The van der Waals surface area contributed by atoms with E-state index < -0.39 is 20.4 Å². The number of ketones is 1. The molecule has 0 saturated heterocycles. The zero-order chi connectivity index (χ0) is 26.9. The zero-order valence-electron chi connectivity index (χ0n) is 21.6. The van der Waals surface area contributed by atoms with Crippen molar-refractivity contribution in [1.82, 2.24) is 4.98 Å². The van der Waals surface area contributed by atoms with Crippen LogP contribution in [0.2, 0.25) is 0 Å². The number of anilines is 2. The highest BCUT2D eigenvalue weighted by molar-refractivity contribution is 7.94. The molecule has 0 amide bonds. The van der Waals surface area contributed by atoms with Crippen molar-refractivity contribution in [3.63, 3.8) is 0 Å². The molecule has 1 aliphatic heterocycles. The number of carbonyl (C=O) groups is 1. The second kappa shape index (κ2) is 10.2. The average Bonchev–Trinajstić information content (AvgIpc) is 3.05. The van der Waals surface area contributed by atoms with Gasteiger partial charge in [-0.1, -0.05) is 49.6 Å². The number of hydrogen-bond acceptors (Lipinski definition) is 7. The molecule has 1 saturated carbocycles. The molecule has 1 aromatic heterocycles. The lowest BCUT2D eigenvalue weighted by Gasteiger charge is -2.26. The number of rotatable bonds is 7. The maximum atomic E-state index is 12.9. The molecule has 0 atom stereocenters. The van der Waals surface area contributed by atoms with E-state index in [1.807, 2.05) is 36.4 Å². The van der Waals surface area contributed by atoms with Crippen LogP contribution >= 0.6 is 0 Å². The number of pyridine rings is 1. The number of benzene rings is 2. The summed E-state index contributed by atoms with van der Waals surface area (Å²) in [6.07, 6.45) is 7.33. The number of amidine groups is 1. The van der Waals surface area contributed by atoms with E-state index in [0.29, 0.717) is 29.8 Å². The molecule has 8 nitrogen and oxygen atoms in total. The lowest BCUT2D eigenvalue weighted by molar-refractivity contribution is 0.0959. The topological polar surface area (TPSA) is 121 Å². The van der Waals surface area contributed by atoms with Gasteiger partial charge in [-0.3, -0.25) is 10.2 Å². The smallest absolute Gasteiger partial charge is 0.226 e. The van der Waals surface area contributed by atoms with Gasteiger partial charge in [0.2, 0.25) is 5.88 Å². The first kappa shape index (κ1) is 25.9. The summed E-state index contributed by atoms with van der Waals surface area (Å²) in [6, 6.07) is 16.4. The molecule has 0 spiro atoms. The number of ether oxygens (including phenoxy) is 1. The standard InChI is InChI=1S/C29H32N4O4S/c1-29(2)26(34)22-17-21(13-14-24(22)38(29,35)36)33-27(30)25-23(32-20-11-7-4-8-12-20)15-16-31-28(25)37-18-19-9-5-3-6-10-19/h3,5-6,9-10,13-17,20H,4,7-8,11-12,18H2,1-2H3,(H2,30,33)(H,31,32). The summed E-state index contributed by atoms with van der Waals surface area (Å²) in [5, 5.41) is 15.6. The van der Waals surface area contributed by atoms with Crippen LogP contribution in [0.15, 0.2) is 65.7 Å². The Labute approximate surface area is 223 Å². The quantitative estimate of drug-likeness (QED) is 0.268. The van der Waals surface area contributed by atoms with E-state index in [1.165, 1.54) is 32.4 Å². The number of fused-ring (bicyclic) bond motifs is 1. The van der Waals surface area contributed by atoms with Gasteiger partial charge in [-0.2, -0.15) is 0 Å². The van der Waals surface area contributed by atoms with Crippen LogP contribution in [0.4, 0.5) is 11.4 Å². The Morgan fingerprint density at radius 2 is 1.82 bits per heavy atom. The van der Waals surface area contributed by atoms with Crippen molar-refractivity contribution in [3.8, 4) is 5.88 Å². The Balaban J connectivity index is 1.46. The number of Topliss-reactive ketones (excluding diaryl/α,β-unsaturated/α-hetero) is 1. The minimum atomic E-state index is -3.76. The van der Waals surface area contributed by atoms with E-state index >= 15 is 0 Å². The van der Waals surface area contributed by atoms with Gasteiger partial charge in [0, 0.05) is 23.5 Å². The molecule has 3 aromatic rings. The molecular formula is C29H32N4O4S. The Morgan fingerprint density at radius 1 is 1.08 bits per heavy atom. The van der Waals surface area contributed by atoms with Gasteiger partial charge in [-0.15, -0.1) is 0 Å². The number of hydrogen-bond donors (Lipinski definition) is 3. The van der Waals surface area contributed by atoms with Gasteiger partial charge in [0.25, 0.3) is 0 Å². The van der Waals surface area contributed by atoms with Crippen LogP contribution in [0.1, 0.15) is 67.4 Å². The van der Waals surface area contributed by atoms with E-state index in [1.54, 1.807) is 12.3 Å². The fourth-order valence-electron chi connectivity index (χ4n) is 5.05. The van der Waals surface area contributed by atoms with Crippen LogP contribution in [0.3, 0.4) is 0 Å². The van der Waals surface area contributed by atoms with E-state index in [0.717, 1.165) is 36.9 Å². The first-order valence-corrected chi connectivity index (χ1v) is 14.4. The highest BCUT2D eigenvalue weighted by atomic mass is 32.2. The molecule has 0 bridgehead atoms. The summed E-state index contributed by atoms with van der Waals surface area (Å²) in [5.74, 6) is -0.101. The third-order valence-electron chi connectivity index (χ3n) is 7.35. The van der Waals surface area contributed by atoms with Crippen molar-refractivity contribution in [2.45, 2.75) is 68.2 Å². The summed E-state index contributed by atoms with van der Waals surface area (Å²) >= 11 is 0. The van der Waals surface area contributed by atoms with Gasteiger partial charge in [-0.05, 0) is 56.5 Å². The number of sulfone groups is 1. The van der Waals surface area contributed by atoms with Crippen LogP contribution < -0.4 is 15.4 Å². The number of carbonyl (C=O) groups excluding carboxylic acids is 1. The first-order valence-electron chi connectivity index (χ1n) is 12.9. The van der Waals surface area contributed by atoms with Gasteiger partial charge in [0.1, 0.15) is 22.8 Å². The highest BCUT2D eigenvalue weighted by Gasteiger charge is 2.51. The summed E-state index contributed by atoms with van der Waals surface area (Å²) in [4.78, 5) is 17.4. The number of nitrogens with zero attached hydrogens (tertiary/aromatic N) is 1. The molecule has 3 N–H and O–H groups in total. The summed E-state index contributed by atoms with van der Waals surface area (Å²) in [6.45, 7) is 3.14. The van der Waals surface area contributed by atoms with E-state index in [-0.39, 0.29) is 16.3 Å². The molecule has 9 heteroatoms. The maximum absolute atomic E-state index is 12.9. The van der Waals surface area contributed by atoms with Crippen molar-refractivity contribution < 1.29 is 17.9 Å². The third-order valence-corrected chi connectivity index (χ3v) is 9.82. The molecule has 0 unspecified atom stereocenters. The summed E-state index contributed by atoms with van der Waals surface area (Å²) in [7, 11) is -3.76. The van der Waals surface area contributed by atoms with Crippen LogP contribution in [0.5, 0.6) is 5.88 Å². The normalized spacial score (nSPS) is 18.0. The lowest BCUT2D eigenvalue weighted by Crippen LogP contribution is -2.33. The van der Waals surface area contributed by atoms with Gasteiger partial charge in [0.05, 0.1) is 10.6 Å². The van der Waals surface area contributed by atoms with Gasteiger partial charge in [0.15, 0.2) is 15.6 Å². The minimum absolute atomic E-state index is 0.0255. The molecule has 1 fully saturated rings. The van der Waals surface area contributed by atoms with Gasteiger partial charge >= 0.3 is 0 Å². The summed E-state index contributed by atoms with van der Waals surface area (Å²) in [5.41, 5.74) is 2.78. The maximum Gasteiger partial charge on any atom is 0.226 e. The van der Waals surface area contributed by atoms with E-state index in [9.17, 15) is 13.2 Å². The molecule has 1 aliphatic carbocycles. The summed E-state index contributed by atoms with van der Waals surface area (Å²) < 4.78 is 30.2. The molecule has 2 heterocycles. The largest absolute Gasteiger partial charge is 0.472 e. The zero-order valence-corrected chi connectivity index (χ0v) is 22.4. The van der Waals surface area contributed by atoms with Crippen molar-refractivity contribution in [1.29, 1.82) is 5.41 Å². The Morgan fingerprint density at radius 3 is 2.55 bits per heavy atom. The highest BCUT2D eigenvalue weighted by Crippen LogP contribution is 2.40. The third kappa shape index (κ3) is 4.78. The second-order valence-corrected chi connectivity index (χ2v) is 12.8. The second-order valence-electron chi connectivity index (χ2n) is 10.3. The molecule has 0 radical (unpaired) electrons. The van der Waals surface area contributed by atoms with Crippen molar-refractivity contribution in [2.24, 2.45) is 0 Å². The van der Waals surface area contributed by atoms with Crippen LogP contribution in [0.25, 0.3) is 0 Å². The van der Waals surface area contributed by atoms with Crippen LogP contribution in [-0.2, 0) is 16.4 Å². The molecule has 5 rings (SSSR count). The number of nitrogens with one attached hydrogen (secondary N) is 3. The predicted octanol–water partition coefficient (Wildman–Crippen LogP) is 5.59. The van der Waals surface area contributed by atoms with Gasteiger partial charge < -0.3 is 15.4 Å². The average molecular weight is 533 g/mol. The first-order chi connectivity index (χ1) is 18.2. The Hall–Kier alpha value is -3.72. The lowest BCUT2D eigenvalue weighted by atomic mass is 9.95. The molecular weight excluding hydrogens is 500 g/mol. The predicted molar refractivity (Wildman–Crippen MR) is 148 cm³/mol. The van der Waals surface area contributed by atoms with Crippen molar-refractivity contribution in [2.75, 3.05) is 10.6 Å². The molecule has 198 valence electrons. The fraction of sp³-hybridized carbons (Fsp3) is 0.345. The van der Waals surface area contributed by atoms with Gasteiger partial charge in [-0.25, -0.2) is 13.4 Å². The fourth-order valence-corrected chi connectivity index (χ4v) is 6.65. The minimum Gasteiger partial charge on any atom is -0.472 e. The van der Waals surface area contributed by atoms with Crippen molar-refractivity contribution >= 4 is 32.8 Å². The van der Waals surface area contributed by atoms with Crippen LogP contribution in [0, 0.1) is 5.41 Å². The SMILES string of the molecule is CC1(C)C(=O)c2cc(NC(=N)c3c(NC4CCCCC4)ccnc3OCc3ccccc3)ccc2S1(=O)=O. The molecule has 38 heavy (non-hydrogen) atoms. The Kier molecular flexibility index (Phi) is 6.96. The monoisotopic (exact) mass is 532 g/mol. The van der Waals surface area contributed by atoms with E-state index in [4.69, 9.17) is 10.1 Å². The van der Waals surface area contributed by atoms with Crippen molar-refractivity contribution in [3.05, 3.63) is 77.5 Å². The van der Waals surface area contributed by atoms with E-state index in [2.05, 4.69) is 15.6 Å². The molecule has 2 aromatic carbocycles. The van der Waals surface area contributed by atoms with Crippen LogP contribution in [-0.4, -0.2) is 35.8 Å². The molecule has 2 aliphatic rings.